The van der Waals surface area contributed by atoms with Gasteiger partial charge in [0.25, 0.3) is 0 Å². The number of rotatable bonds is 11. The molecule has 2 saturated heterocycles. The van der Waals surface area contributed by atoms with Gasteiger partial charge in [-0.1, -0.05) is 26.3 Å². The monoisotopic (exact) mass is 512 g/mol. The van der Waals surface area contributed by atoms with Crippen LogP contribution in [0.5, 0.6) is 0 Å². The number of likely N-dealkylation sites (tertiary alicyclic amines) is 1. The lowest BCUT2D eigenvalue weighted by Gasteiger charge is -2.42. The molecule has 2 fully saturated rings. The average molecular weight is 513 g/mol. The first-order valence-corrected chi connectivity index (χ1v) is 13.8. The third-order valence-corrected chi connectivity index (χ3v) is 7.91. The number of hydrogen-bond acceptors (Lipinski definition) is 6. The van der Waals surface area contributed by atoms with E-state index in [0.717, 1.165) is 74.9 Å². The molecule has 0 atom stereocenters. The predicted octanol–water partition coefficient (Wildman–Crippen LogP) is 5.85. The topological polar surface area (TPSA) is 37.4 Å². The molecule has 0 radical (unpaired) electrons. The highest BCUT2D eigenvalue weighted by Gasteiger charge is 2.27. The Balaban J connectivity index is 1.27. The molecule has 3 aliphatic rings. The molecule has 0 amide bonds. The molecular formula is C32H44N6. The molecule has 38 heavy (non-hydrogen) atoms. The maximum atomic E-state index is 4.61. The van der Waals surface area contributed by atoms with Crippen LogP contribution in [-0.4, -0.2) is 72.8 Å². The van der Waals surface area contributed by atoms with E-state index < -0.39 is 0 Å². The van der Waals surface area contributed by atoms with Crippen molar-refractivity contribution in [2.75, 3.05) is 56.0 Å². The quantitative estimate of drug-likeness (QED) is 0.297. The van der Waals surface area contributed by atoms with Gasteiger partial charge in [-0.25, -0.2) is 4.99 Å². The summed E-state index contributed by atoms with van der Waals surface area (Å²) in [5, 5.41) is 3.33. The molecule has 6 heteroatoms. The predicted molar refractivity (Wildman–Crippen MR) is 163 cm³/mol. The lowest BCUT2D eigenvalue weighted by atomic mass is 9.95. The van der Waals surface area contributed by atoms with Gasteiger partial charge in [0.1, 0.15) is 5.82 Å². The summed E-state index contributed by atoms with van der Waals surface area (Å²) in [4.78, 5) is 14.2. The minimum atomic E-state index is 0.614. The number of nitrogens with one attached hydrogen (secondary N) is 1. The van der Waals surface area contributed by atoms with E-state index in [1.807, 2.05) is 12.3 Å². The molecule has 0 spiro atoms. The zero-order valence-corrected chi connectivity index (χ0v) is 23.5. The van der Waals surface area contributed by atoms with Crippen LogP contribution in [0, 0.1) is 5.92 Å². The number of allylic oxidation sites excluding steroid dienone is 5. The molecule has 0 unspecified atom stereocenters. The van der Waals surface area contributed by atoms with E-state index in [1.54, 1.807) is 0 Å². The Morgan fingerprint density at radius 3 is 2.39 bits per heavy atom. The second kappa shape index (κ2) is 12.4. The van der Waals surface area contributed by atoms with E-state index in [2.05, 4.69) is 113 Å². The first-order valence-electron chi connectivity index (χ1n) is 13.8. The summed E-state index contributed by atoms with van der Waals surface area (Å²) in [6.45, 7) is 30.3. The van der Waals surface area contributed by atoms with Gasteiger partial charge in [-0.3, -0.25) is 4.90 Å². The molecule has 3 aliphatic heterocycles. The Bertz CT molecular complexity index is 1120. The molecule has 0 aromatic heterocycles. The highest BCUT2D eigenvalue weighted by Crippen LogP contribution is 2.28. The second-order valence-corrected chi connectivity index (χ2v) is 10.8. The summed E-state index contributed by atoms with van der Waals surface area (Å²) < 4.78 is 0. The third-order valence-electron chi connectivity index (χ3n) is 7.91. The summed E-state index contributed by atoms with van der Waals surface area (Å²) >= 11 is 0. The van der Waals surface area contributed by atoms with E-state index in [4.69, 9.17) is 0 Å². The lowest BCUT2D eigenvalue weighted by molar-refractivity contribution is 0.133. The van der Waals surface area contributed by atoms with Crippen LogP contribution in [-0.2, 0) is 0 Å². The number of nitrogens with zero attached hydrogens (tertiary/aromatic N) is 5. The summed E-state index contributed by atoms with van der Waals surface area (Å²) in [6, 6.07) is 9.18. The fraction of sp³-hybridized carbons (Fsp3) is 0.406. The Morgan fingerprint density at radius 1 is 1.08 bits per heavy atom. The van der Waals surface area contributed by atoms with Crippen molar-refractivity contribution in [3.05, 3.63) is 97.3 Å². The van der Waals surface area contributed by atoms with E-state index in [1.165, 1.54) is 11.4 Å². The minimum Gasteiger partial charge on any atom is -0.371 e. The van der Waals surface area contributed by atoms with Gasteiger partial charge < -0.3 is 20.0 Å². The van der Waals surface area contributed by atoms with Gasteiger partial charge in [0.15, 0.2) is 0 Å². The fourth-order valence-electron chi connectivity index (χ4n) is 5.24. The van der Waals surface area contributed by atoms with Crippen LogP contribution < -0.4 is 10.2 Å². The zero-order valence-electron chi connectivity index (χ0n) is 23.5. The fourth-order valence-corrected chi connectivity index (χ4v) is 5.24. The number of anilines is 2. The maximum Gasteiger partial charge on any atom is 0.123 e. The van der Waals surface area contributed by atoms with Crippen LogP contribution >= 0.6 is 0 Å². The summed E-state index contributed by atoms with van der Waals surface area (Å²) in [5.74, 6) is 1.29. The molecule has 1 aromatic carbocycles. The van der Waals surface area contributed by atoms with Gasteiger partial charge in [0.05, 0.1) is 0 Å². The van der Waals surface area contributed by atoms with Crippen LogP contribution in [0.15, 0.2) is 102 Å². The van der Waals surface area contributed by atoms with E-state index in [0.29, 0.717) is 17.8 Å². The molecule has 6 nitrogen and oxygen atoms in total. The van der Waals surface area contributed by atoms with Gasteiger partial charge in [0, 0.05) is 92.1 Å². The molecule has 1 N–H and O–H groups in total. The molecule has 0 saturated carbocycles. The third kappa shape index (κ3) is 6.67. The molecule has 3 heterocycles. The highest BCUT2D eigenvalue weighted by molar-refractivity contribution is 5.85. The summed E-state index contributed by atoms with van der Waals surface area (Å²) in [6.07, 6.45) is 8.99. The van der Waals surface area contributed by atoms with Crippen molar-refractivity contribution in [2.24, 2.45) is 10.9 Å². The van der Waals surface area contributed by atoms with Crippen molar-refractivity contribution in [1.82, 2.24) is 14.7 Å². The van der Waals surface area contributed by atoms with Crippen molar-refractivity contribution in [3.8, 4) is 0 Å². The number of benzene rings is 1. The Kier molecular flexibility index (Phi) is 8.95. The van der Waals surface area contributed by atoms with Crippen molar-refractivity contribution in [3.63, 3.8) is 0 Å². The van der Waals surface area contributed by atoms with Crippen LogP contribution in [0.2, 0.25) is 0 Å². The second-order valence-electron chi connectivity index (χ2n) is 10.8. The van der Waals surface area contributed by atoms with Crippen molar-refractivity contribution in [2.45, 2.75) is 33.2 Å². The van der Waals surface area contributed by atoms with Crippen molar-refractivity contribution >= 4 is 17.6 Å². The number of aliphatic imine (C=N–C) groups is 1. The molecular weight excluding hydrogens is 468 g/mol. The van der Waals surface area contributed by atoms with Crippen LogP contribution in [0.1, 0.15) is 27.2 Å². The number of hydrogen-bond donors (Lipinski definition) is 1. The Hall–Kier alpha value is -3.51. The largest absolute Gasteiger partial charge is 0.371 e. The average Bonchev–Trinajstić information content (AvgIpc) is 2.89. The van der Waals surface area contributed by atoms with Crippen LogP contribution in [0.25, 0.3) is 0 Å². The van der Waals surface area contributed by atoms with Crippen molar-refractivity contribution in [1.29, 1.82) is 0 Å². The Morgan fingerprint density at radius 2 is 1.76 bits per heavy atom. The van der Waals surface area contributed by atoms with Gasteiger partial charge in [-0.05, 0) is 75.6 Å². The first kappa shape index (κ1) is 27.5. The molecule has 0 aliphatic carbocycles. The van der Waals surface area contributed by atoms with Gasteiger partial charge in [-0.15, -0.1) is 0 Å². The van der Waals surface area contributed by atoms with Crippen LogP contribution in [0.3, 0.4) is 0 Å². The van der Waals surface area contributed by atoms with Gasteiger partial charge in [0.2, 0.25) is 0 Å². The normalized spacial score (nSPS) is 18.9. The molecule has 1 aromatic rings. The molecule has 4 rings (SSSR count). The van der Waals surface area contributed by atoms with Crippen molar-refractivity contribution < 1.29 is 0 Å². The smallest absolute Gasteiger partial charge is 0.123 e. The summed E-state index contributed by atoms with van der Waals surface area (Å²) in [7, 11) is 0. The standard InChI is InChI=1S/C32H44N6/c1-8-25(4)37-22-29(23-37)15-16-38-26(5)9-10-30(27(38)6)21-33-28(7)34-31-11-13-32(14-12-31)36-19-17-35(18-20-36)24(2)3/h8-14,21,24,29,34H,1,4-5,7,15-20,22-23H2,2-3,6H3/b33-21-. The lowest BCUT2D eigenvalue weighted by Crippen LogP contribution is -2.48. The minimum absolute atomic E-state index is 0.614. The Labute approximate surface area is 229 Å². The van der Waals surface area contributed by atoms with Gasteiger partial charge >= 0.3 is 0 Å². The highest BCUT2D eigenvalue weighted by atomic mass is 15.3. The van der Waals surface area contributed by atoms with Crippen LogP contribution in [0.4, 0.5) is 11.4 Å². The van der Waals surface area contributed by atoms with E-state index in [9.17, 15) is 0 Å². The SMILES string of the molecule is C=CC(=C)N1CC(CCN2C(=C)C=CC(/C=N\C(=C)Nc3ccc(N4CCN(C(C)C)CC4)cc3)=C2C)C1. The molecule has 0 bridgehead atoms. The van der Waals surface area contributed by atoms with E-state index >= 15 is 0 Å². The summed E-state index contributed by atoms with van der Waals surface area (Å²) in [5.41, 5.74) is 6.54. The first-order chi connectivity index (χ1) is 18.2. The van der Waals surface area contributed by atoms with Gasteiger partial charge in [-0.2, -0.15) is 0 Å². The maximum absolute atomic E-state index is 4.61. The number of piperazine rings is 1. The van der Waals surface area contributed by atoms with E-state index in [-0.39, 0.29) is 0 Å². The zero-order chi connectivity index (χ0) is 27.2. The molecule has 202 valence electrons.